The second kappa shape index (κ2) is 7.42. The van der Waals surface area contributed by atoms with Crippen LogP contribution < -0.4 is 5.56 Å². The normalized spacial score (nSPS) is 15.6. The molecule has 6 heteroatoms. The molecule has 1 aromatic carbocycles. The van der Waals surface area contributed by atoms with E-state index >= 15 is 0 Å². The number of nitrogens with zero attached hydrogens (tertiary/aromatic N) is 2. The average molecular weight is 342 g/mol. The number of hydrogen-bond acceptors (Lipinski definition) is 3. The van der Waals surface area contributed by atoms with Crippen LogP contribution in [0.5, 0.6) is 0 Å². The number of carbonyl (C=O) groups excluding carboxylic acids is 2. The van der Waals surface area contributed by atoms with Gasteiger partial charge in [0.1, 0.15) is 5.82 Å². The summed E-state index contributed by atoms with van der Waals surface area (Å²) in [7, 11) is 0. The number of ketones is 1. The third-order valence-corrected chi connectivity index (χ3v) is 4.41. The molecule has 1 aliphatic heterocycles. The number of amides is 1. The largest absolute Gasteiger partial charge is 0.340 e. The van der Waals surface area contributed by atoms with Gasteiger partial charge in [0, 0.05) is 30.9 Å². The summed E-state index contributed by atoms with van der Waals surface area (Å²) in [5.41, 5.74) is -0.221. The van der Waals surface area contributed by atoms with E-state index in [1.807, 2.05) is 0 Å². The highest BCUT2D eigenvalue weighted by molar-refractivity contribution is 6.11. The van der Waals surface area contributed by atoms with Gasteiger partial charge in [-0.25, -0.2) is 4.39 Å². The van der Waals surface area contributed by atoms with Gasteiger partial charge in [0.2, 0.25) is 0 Å². The summed E-state index contributed by atoms with van der Waals surface area (Å²) in [5.74, 6) is -1.36. The molecule has 0 bridgehead atoms. The van der Waals surface area contributed by atoms with Gasteiger partial charge in [-0.15, -0.1) is 0 Å². The summed E-state index contributed by atoms with van der Waals surface area (Å²) >= 11 is 0. The first-order valence-corrected chi connectivity index (χ1v) is 8.33. The minimum absolute atomic E-state index is 0.201. The zero-order chi connectivity index (χ0) is 17.8. The van der Waals surface area contributed by atoms with Crippen molar-refractivity contribution in [1.29, 1.82) is 0 Å². The lowest BCUT2D eigenvalue weighted by atomic mass is 10.0. The van der Waals surface area contributed by atoms with Crippen molar-refractivity contribution in [3.63, 3.8) is 0 Å². The first-order chi connectivity index (χ1) is 12.1. The lowest BCUT2D eigenvalue weighted by Crippen LogP contribution is -2.45. The van der Waals surface area contributed by atoms with Crippen LogP contribution >= 0.6 is 0 Å². The number of aromatic nitrogens is 1. The van der Waals surface area contributed by atoms with Crippen LogP contribution in [-0.2, 0) is 4.79 Å². The van der Waals surface area contributed by atoms with Crippen LogP contribution in [0.3, 0.4) is 0 Å². The molecule has 0 radical (unpaired) electrons. The molecule has 130 valence electrons. The van der Waals surface area contributed by atoms with Crippen LogP contribution in [0, 0.1) is 5.82 Å². The predicted molar refractivity (Wildman–Crippen MR) is 90.9 cm³/mol. The zero-order valence-corrected chi connectivity index (χ0v) is 13.7. The predicted octanol–water partition coefficient (Wildman–Crippen LogP) is 2.42. The van der Waals surface area contributed by atoms with E-state index in [-0.39, 0.29) is 11.5 Å². The Morgan fingerprint density at radius 2 is 1.64 bits per heavy atom. The molecule has 0 spiro atoms. The minimum Gasteiger partial charge on any atom is -0.340 e. The molecule has 1 amide bonds. The molecule has 2 aromatic rings. The van der Waals surface area contributed by atoms with Gasteiger partial charge in [-0.3, -0.25) is 19.0 Å². The molecule has 1 fully saturated rings. The number of Topliss-reactive ketones (excluding diaryl/α,β-unsaturated/α-hetero) is 1. The molecule has 0 unspecified atom stereocenters. The van der Waals surface area contributed by atoms with E-state index in [1.165, 1.54) is 36.5 Å². The maximum atomic E-state index is 13.1. The maximum absolute atomic E-state index is 13.1. The highest BCUT2D eigenvalue weighted by Gasteiger charge is 2.34. The number of piperidine rings is 1. The Kier molecular flexibility index (Phi) is 5.07. The van der Waals surface area contributed by atoms with Crippen molar-refractivity contribution in [2.45, 2.75) is 25.3 Å². The molecule has 2 heterocycles. The van der Waals surface area contributed by atoms with Gasteiger partial charge < -0.3 is 4.90 Å². The Labute approximate surface area is 144 Å². The highest BCUT2D eigenvalue weighted by Crippen LogP contribution is 2.20. The highest BCUT2D eigenvalue weighted by atomic mass is 19.1. The number of carbonyl (C=O) groups is 2. The van der Waals surface area contributed by atoms with E-state index in [4.69, 9.17) is 0 Å². The molecule has 5 nitrogen and oxygen atoms in total. The Hall–Kier alpha value is -2.76. The molecular weight excluding hydrogens is 323 g/mol. The van der Waals surface area contributed by atoms with Crippen LogP contribution in [0.2, 0.25) is 0 Å². The van der Waals surface area contributed by atoms with Gasteiger partial charge in [0.25, 0.3) is 11.5 Å². The molecule has 1 aromatic heterocycles. The fourth-order valence-electron chi connectivity index (χ4n) is 3.07. The number of hydrogen-bond donors (Lipinski definition) is 0. The summed E-state index contributed by atoms with van der Waals surface area (Å²) in [6, 6.07) is 8.22. The minimum atomic E-state index is -1.27. The molecule has 0 aliphatic carbocycles. The average Bonchev–Trinajstić information content (AvgIpc) is 2.64. The number of rotatable bonds is 4. The molecule has 3 rings (SSSR count). The first-order valence-electron chi connectivity index (χ1n) is 8.33. The van der Waals surface area contributed by atoms with Crippen molar-refractivity contribution < 1.29 is 14.0 Å². The molecule has 0 N–H and O–H groups in total. The van der Waals surface area contributed by atoms with E-state index in [0.29, 0.717) is 13.1 Å². The topological polar surface area (TPSA) is 59.4 Å². The Bertz CT molecular complexity index is 823. The summed E-state index contributed by atoms with van der Waals surface area (Å²) in [4.78, 5) is 39.8. The van der Waals surface area contributed by atoms with Crippen molar-refractivity contribution in [1.82, 2.24) is 9.47 Å². The first kappa shape index (κ1) is 17.1. The van der Waals surface area contributed by atoms with Crippen molar-refractivity contribution >= 4 is 11.7 Å². The molecule has 1 atom stereocenters. The van der Waals surface area contributed by atoms with Crippen LogP contribution in [0.4, 0.5) is 4.39 Å². The van der Waals surface area contributed by atoms with Crippen LogP contribution in [0.15, 0.2) is 53.5 Å². The number of halogens is 1. The van der Waals surface area contributed by atoms with E-state index in [0.717, 1.165) is 23.8 Å². The molecule has 1 saturated heterocycles. The number of benzene rings is 1. The summed E-state index contributed by atoms with van der Waals surface area (Å²) < 4.78 is 14.3. The smallest absolute Gasteiger partial charge is 0.253 e. The van der Waals surface area contributed by atoms with E-state index in [1.54, 1.807) is 17.0 Å². The van der Waals surface area contributed by atoms with Gasteiger partial charge in [-0.1, -0.05) is 6.07 Å². The summed E-state index contributed by atoms with van der Waals surface area (Å²) in [6.07, 6.45) is 4.25. The lowest BCUT2D eigenvalue weighted by molar-refractivity contribution is -0.134. The van der Waals surface area contributed by atoms with E-state index in [2.05, 4.69) is 0 Å². The SMILES string of the molecule is O=C(c1ccc(F)cc1)[C@@H](C(=O)N1CCCCC1)n1ccccc1=O. The standard InChI is InChI=1S/C19H19FN2O3/c20-15-9-7-14(8-10-15)18(24)17(22-13-5-2-6-16(22)23)19(25)21-11-3-1-4-12-21/h2,5-10,13,17H,1,3-4,11-12H2/t17-/m0/s1. The molecule has 0 saturated carbocycles. The Morgan fingerprint density at radius 1 is 0.960 bits per heavy atom. The second-order valence-corrected chi connectivity index (χ2v) is 6.11. The van der Waals surface area contributed by atoms with Gasteiger partial charge >= 0.3 is 0 Å². The zero-order valence-electron chi connectivity index (χ0n) is 13.7. The van der Waals surface area contributed by atoms with E-state index < -0.39 is 23.2 Å². The van der Waals surface area contributed by atoms with Gasteiger partial charge in [0.15, 0.2) is 11.8 Å². The van der Waals surface area contributed by atoms with Crippen molar-refractivity contribution in [2.24, 2.45) is 0 Å². The van der Waals surface area contributed by atoms with Crippen LogP contribution in [0.25, 0.3) is 0 Å². The van der Waals surface area contributed by atoms with Crippen LogP contribution in [0.1, 0.15) is 35.7 Å². The van der Waals surface area contributed by atoms with Gasteiger partial charge in [-0.2, -0.15) is 0 Å². The second-order valence-electron chi connectivity index (χ2n) is 6.11. The van der Waals surface area contributed by atoms with E-state index in [9.17, 15) is 18.8 Å². The third kappa shape index (κ3) is 3.68. The van der Waals surface area contributed by atoms with Crippen molar-refractivity contribution in [2.75, 3.05) is 13.1 Å². The molecular formula is C19H19FN2O3. The fraction of sp³-hybridized carbons (Fsp3) is 0.316. The lowest BCUT2D eigenvalue weighted by Gasteiger charge is -2.30. The monoisotopic (exact) mass is 342 g/mol. The van der Waals surface area contributed by atoms with Crippen LogP contribution in [-0.4, -0.2) is 34.2 Å². The third-order valence-electron chi connectivity index (χ3n) is 4.41. The Balaban J connectivity index is 2.00. The van der Waals surface area contributed by atoms with Gasteiger partial charge in [-0.05, 0) is 49.6 Å². The van der Waals surface area contributed by atoms with Gasteiger partial charge in [0.05, 0.1) is 0 Å². The number of likely N-dealkylation sites (tertiary alicyclic amines) is 1. The molecule has 1 aliphatic rings. The van der Waals surface area contributed by atoms with Crippen molar-refractivity contribution in [3.8, 4) is 0 Å². The summed E-state index contributed by atoms with van der Waals surface area (Å²) in [6.45, 7) is 1.15. The van der Waals surface area contributed by atoms with Crippen molar-refractivity contribution in [3.05, 3.63) is 70.4 Å². The number of pyridine rings is 1. The maximum Gasteiger partial charge on any atom is 0.253 e. The summed E-state index contributed by atoms with van der Waals surface area (Å²) in [5, 5.41) is 0. The quantitative estimate of drug-likeness (QED) is 0.633. The fourth-order valence-corrected chi connectivity index (χ4v) is 3.07. The Morgan fingerprint density at radius 3 is 2.28 bits per heavy atom. The molecule has 25 heavy (non-hydrogen) atoms.